The monoisotopic (exact) mass is 231 g/mol. The predicted molar refractivity (Wildman–Crippen MR) is 70.3 cm³/mol. The molecule has 0 spiro atoms. The van der Waals surface area contributed by atoms with Crippen molar-refractivity contribution in [2.45, 2.75) is 39.5 Å². The standard InChI is InChI=1S/C15H21NO/c1-4-12-9-16-15(17)14-8-11(7-10(2)3)5-6-13(12)14/h5-6,8,10,12H,4,7,9H2,1-3H3,(H,16,17). The summed E-state index contributed by atoms with van der Waals surface area (Å²) in [5.74, 6) is 1.20. The molecule has 0 aromatic heterocycles. The number of hydrogen-bond donors (Lipinski definition) is 1. The first-order valence-corrected chi connectivity index (χ1v) is 6.52. The third kappa shape index (κ3) is 2.51. The number of hydrogen-bond acceptors (Lipinski definition) is 1. The molecule has 1 aromatic rings. The molecular formula is C15H21NO. The van der Waals surface area contributed by atoms with Crippen molar-refractivity contribution in [3.8, 4) is 0 Å². The minimum Gasteiger partial charge on any atom is -0.351 e. The van der Waals surface area contributed by atoms with E-state index in [-0.39, 0.29) is 5.91 Å². The van der Waals surface area contributed by atoms with Gasteiger partial charge in [0, 0.05) is 18.0 Å². The fraction of sp³-hybridized carbons (Fsp3) is 0.533. The van der Waals surface area contributed by atoms with Gasteiger partial charge in [0.1, 0.15) is 0 Å². The number of amides is 1. The van der Waals surface area contributed by atoms with E-state index >= 15 is 0 Å². The van der Waals surface area contributed by atoms with Gasteiger partial charge in [0.15, 0.2) is 0 Å². The van der Waals surface area contributed by atoms with E-state index in [4.69, 9.17) is 0 Å². The quantitative estimate of drug-likeness (QED) is 0.850. The van der Waals surface area contributed by atoms with Crippen molar-refractivity contribution in [2.24, 2.45) is 5.92 Å². The maximum atomic E-state index is 11.9. The molecule has 0 saturated heterocycles. The summed E-state index contributed by atoms with van der Waals surface area (Å²) in [6.45, 7) is 7.36. The summed E-state index contributed by atoms with van der Waals surface area (Å²) in [6.07, 6.45) is 2.12. The van der Waals surface area contributed by atoms with E-state index in [0.29, 0.717) is 11.8 Å². The van der Waals surface area contributed by atoms with E-state index in [9.17, 15) is 4.79 Å². The van der Waals surface area contributed by atoms with Crippen molar-refractivity contribution in [1.82, 2.24) is 5.32 Å². The Morgan fingerprint density at radius 2 is 2.18 bits per heavy atom. The zero-order valence-electron chi connectivity index (χ0n) is 10.9. The van der Waals surface area contributed by atoms with E-state index in [2.05, 4.69) is 44.3 Å². The van der Waals surface area contributed by atoms with E-state index < -0.39 is 0 Å². The Morgan fingerprint density at radius 3 is 2.82 bits per heavy atom. The highest BCUT2D eigenvalue weighted by molar-refractivity contribution is 5.97. The minimum atomic E-state index is 0.0929. The van der Waals surface area contributed by atoms with Gasteiger partial charge in [-0.15, -0.1) is 0 Å². The first-order chi connectivity index (χ1) is 8.11. The molecule has 0 saturated carbocycles. The van der Waals surface area contributed by atoms with Gasteiger partial charge in [0.05, 0.1) is 0 Å². The van der Waals surface area contributed by atoms with Crippen LogP contribution in [0.2, 0.25) is 0 Å². The second kappa shape index (κ2) is 4.91. The third-order valence-electron chi connectivity index (χ3n) is 3.45. The lowest BCUT2D eigenvalue weighted by Gasteiger charge is -2.25. The van der Waals surface area contributed by atoms with Crippen molar-refractivity contribution in [1.29, 1.82) is 0 Å². The van der Waals surface area contributed by atoms with Crippen LogP contribution in [0.5, 0.6) is 0 Å². The second-order valence-electron chi connectivity index (χ2n) is 5.33. The number of rotatable bonds is 3. The van der Waals surface area contributed by atoms with Crippen LogP contribution in [0.1, 0.15) is 54.6 Å². The Hall–Kier alpha value is -1.31. The zero-order chi connectivity index (χ0) is 12.4. The molecule has 0 fully saturated rings. The van der Waals surface area contributed by atoms with Crippen molar-refractivity contribution >= 4 is 5.91 Å². The third-order valence-corrected chi connectivity index (χ3v) is 3.45. The van der Waals surface area contributed by atoms with Crippen LogP contribution < -0.4 is 5.32 Å². The molecule has 0 bridgehead atoms. The lowest BCUT2D eigenvalue weighted by molar-refractivity contribution is 0.0939. The first-order valence-electron chi connectivity index (χ1n) is 6.52. The number of carbonyl (C=O) groups excluding carboxylic acids is 1. The topological polar surface area (TPSA) is 29.1 Å². The van der Waals surface area contributed by atoms with Crippen LogP contribution in [0.3, 0.4) is 0 Å². The van der Waals surface area contributed by atoms with E-state index in [1.807, 2.05) is 0 Å². The summed E-state index contributed by atoms with van der Waals surface area (Å²) >= 11 is 0. The molecule has 2 rings (SSSR count). The molecule has 2 nitrogen and oxygen atoms in total. The maximum absolute atomic E-state index is 11.9. The lowest BCUT2D eigenvalue weighted by Crippen LogP contribution is -2.34. The summed E-state index contributed by atoms with van der Waals surface area (Å²) in [5, 5.41) is 2.98. The zero-order valence-corrected chi connectivity index (χ0v) is 10.9. The Kier molecular flexibility index (Phi) is 3.51. The summed E-state index contributed by atoms with van der Waals surface area (Å²) in [6, 6.07) is 6.41. The van der Waals surface area contributed by atoms with Gasteiger partial charge >= 0.3 is 0 Å². The Balaban J connectivity index is 2.35. The summed E-state index contributed by atoms with van der Waals surface area (Å²) in [5.41, 5.74) is 3.38. The molecule has 1 aliphatic rings. The van der Waals surface area contributed by atoms with Crippen molar-refractivity contribution < 1.29 is 4.79 Å². The molecule has 1 amide bonds. The molecule has 0 aliphatic carbocycles. The number of benzene rings is 1. The Labute approximate surface area is 103 Å². The fourth-order valence-electron chi connectivity index (χ4n) is 2.54. The predicted octanol–water partition coefficient (Wildman–Crippen LogP) is 3.12. The number of nitrogens with one attached hydrogen (secondary N) is 1. The van der Waals surface area contributed by atoms with Crippen LogP contribution in [0, 0.1) is 5.92 Å². The molecule has 2 heteroatoms. The van der Waals surface area contributed by atoms with Gasteiger partial charge in [-0.3, -0.25) is 4.79 Å². The van der Waals surface area contributed by atoms with Crippen molar-refractivity contribution in [3.63, 3.8) is 0 Å². The molecular weight excluding hydrogens is 210 g/mol. The van der Waals surface area contributed by atoms with Gasteiger partial charge in [-0.25, -0.2) is 0 Å². The van der Waals surface area contributed by atoms with E-state index in [0.717, 1.165) is 24.9 Å². The number of carbonyl (C=O) groups is 1. The van der Waals surface area contributed by atoms with Crippen LogP contribution in [-0.2, 0) is 6.42 Å². The van der Waals surface area contributed by atoms with Crippen LogP contribution >= 0.6 is 0 Å². The Bertz CT molecular complexity index is 423. The maximum Gasteiger partial charge on any atom is 0.251 e. The first kappa shape index (κ1) is 12.2. The van der Waals surface area contributed by atoms with Crippen LogP contribution in [0.4, 0.5) is 0 Å². The highest BCUT2D eigenvalue weighted by atomic mass is 16.1. The molecule has 1 heterocycles. The van der Waals surface area contributed by atoms with E-state index in [1.54, 1.807) is 0 Å². The lowest BCUT2D eigenvalue weighted by atomic mass is 9.86. The minimum absolute atomic E-state index is 0.0929. The van der Waals surface area contributed by atoms with Gasteiger partial charge < -0.3 is 5.32 Å². The molecule has 92 valence electrons. The van der Waals surface area contributed by atoms with Crippen LogP contribution in [0.25, 0.3) is 0 Å². The molecule has 1 aliphatic heterocycles. The molecule has 1 N–H and O–H groups in total. The molecule has 1 unspecified atom stereocenters. The van der Waals surface area contributed by atoms with Gasteiger partial charge in [-0.2, -0.15) is 0 Å². The van der Waals surface area contributed by atoms with Crippen molar-refractivity contribution in [2.75, 3.05) is 6.54 Å². The van der Waals surface area contributed by atoms with Gasteiger partial charge in [-0.05, 0) is 36.0 Å². The average molecular weight is 231 g/mol. The van der Waals surface area contributed by atoms with Gasteiger partial charge in [0.2, 0.25) is 0 Å². The van der Waals surface area contributed by atoms with Gasteiger partial charge in [0.25, 0.3) is 5.91 Å². The molecule has 1 aromatic carbocycles. The average Bonchev–Trinajstić information content (AvgIpc) is 2.29. The number of fused-ring (bicyclic) bond motifs is 1. The highest BCUT2D eigenvalue weighted by Crippen LogP contribution is 2.27. The van der Waals surface area contributed by atoms with E-state index in [1.165, 1.54) is 11.1 Å². The summed E-state index contributed by atoms with van der Waals surface area (Å²) in [4.78, 5) is 11.9. The summed E-state index contributed by atoms with van der Waals surface area (Å²) in [7, 11) is 0. The van der Waals surface area contributed by atoms with Crippen molar-refractivity contribution in [3.05, 3.63) is 34.9 Å². The summed E-state index contributed by atoms with van der Waals surface area (Å²) < 4.78 is 0. The SMILES string of the molecule is CCC1CNC(=O)c2cc(CC(C)C)ccc21. The van der Waals surface area contributed by atoms with Crippen LogP contribution in [0.15, 0.2) is 18.2 Å². The largest absolute Gasteiger partial charge is 0.351 e. The normalized spacial score (nSPS) is 19.1. The second-order valence-corrected chi connectivity index (χ2v) is 5.33. The van der Waals surface area contributed by atoms with Crippen LogP contribution in [-0.4, -0.2) is 12.5 Å². The highest BCUT2D eigenvalue weighted by Gasteiger charge is 2.24. The smallest absolute Gasteiger partial charge is 0.251 e. The molecule has 0 radical (unpaired) electrons. The molecule has 1 atom stereocenters. The fourth-order valence-corrected chi connectivity index (χ4v) is 2.54. The molecule has 17 heavy (non-hydrogen) atoms. The van der Waals surface area contributed by atoms with Gasteiger partial charge in [-0.1, -0.05) is 32.9 Å². The Morgan fingerprint density at radius 1 is 1.41 bits per heavy atom.